The summed E-state index contributed by atoms with van der Waals surface area (Å²) in [6.07, 6.45) is -12.1. The van der Waals surface area contributed by atoms with Crippen molar-refractivity contribution in [2.45, 2.75) is 31.7 Å². The van der Waals surface area contributed by atoms with E-state index in [0.717, 1.165) is 14.0 Å². The molecule has 16 heavy (non-hydrogen) atoms. The lowest BCUT2D eigenvalue weighted by Crippen LogP contribution is -2.44. The van der Waals surface area contributed by atoms with Gasteiger partial charge in [0.1, 0.15) is 5.78 Å². The largest absolute Gasteiger partial charge is 0.400 e. The van der Waals surface area contributed by atoms with Crippen LogP contribution in [-0.2, 0) is 4.79 Å². The molecule has 0 aliphatic rings. The van der Waals surface area contributed by atoms with Gasteiger partial charge in [-0.05, 0) is 20.4 Å². The second-order valence-corrected chi connectivity index (χ2v) is 3.32. The number of ketones is 1. The molecule has 1 N–H and O–H groups in total. The maximum atomic E-state index is 12.1. The maximum absolute atomic E-state index is 12.1. The summed E-state index contributed by atoms with van der Waals surface area (Å²) < 4.78 is 72.7. The van der Waals surface area contributed by atoms with E-state index in [2.05, 4.69) is 5.32 Å². The Hall–Kier alpha value is -0.790. The van der Waals surface area contributed by atoms with Gasteiger partial charge in [0.15, 0.2) is 5.92 Å². The third-order valence-corrected chi connectivity index (χ3v) is 2.10. The molecule has 0 radical (unpaired) electrons. The van der Waals surface area contributed by atoms with E-state index in [4.69, 9.17) is 0 Å². The van der Waals surface area contributed by atoms with Gasteiger partial charge in [-0.1, -0.05) is 0 Å². The highest BCUT2D eigenvalue weighted by molar-refractivity contribution is 5.81. The smallest absolute Gasteiger partial charge is 0.311 e. The molecule has 0 bridgehead atoms. The van der Waals surface area contributed by atoms with Crippen molar-refractivity contribution in [1.82, 2.24) is 5.32 Å². The minimum absolute atomic E-state index is 0.763. The van der Waals surface area contributed by atoms with Crippen LogP contribution < -0.4 is 5.32 Å². The van der Waals surface area contributed by atoms with E-state index in [1.54, 1.807) is 0 Å². The monoisotopic (exact) mass is 251 g/mol. The number of halogens is 6. The van der Waals surface area contributed by atoms with Crippen molar-refractivity contribution in [2.75, 3.05) is 7.05 Å². The van der Waals surface area contributed by atoms with Gasteiger partial charge in [-0.2, -0.15) is 26.3 Å². The highest BCUT2D eigenvalue weighted by Crippen LogP contribution is 2.41. The Kier molecular flexibility index (Phi) is 4.78. The Morgan fingerprint density at radius 2 is 1.50 bits per heavy atom. The summed E-state index contributed by atoms with van der Waals surface area (Å²) in [5.41, 5.74) is 0. The van der Waals surface area contributed by atoms with Gasteiger partial charge in [-0.25, -0.2) is 0 Å². The third-order valence-electron chi connectivity index (χ3n) is 2.10. The predicted molar refractivity (Wildman–Crippen MR) is 43.7 cm³/mol. The van der Waals surface area contributed by atoms with Crippen LogP contribution in [0, 0.1) is 5.92 Å². The van der Waals surface area contributed by atoms with E-state index in [0.29, 0.717) is 0 Å². The molecule has 0 fully saturated rings. The summed E-state index contributed by atoms with van der Waals surface area (Å²) in [5.74, 6) is -4.25. The Morgan fingerprint density at radius 3 is 1.69 bits per heavy atom. The molecule has 0 unspecified atom stereocenters. The van der Waals surface area contributed by atoms with Gasteiger partial charge in [0, 0.05) is 0 Å². The number of carbonyl (C=O) groups is 1. The van der Waals surface area contributed by atoms with Gasteiger partial charge >= 0.3 is 12.4 Å². The molecule has 0 aromatic rings. The molecule has 0 saturated carbocycles. The predicted octanol–water partition coefficient (Wildman–Crippen LogP) is 2.29. The van der Waals surface area contributed by atoms with Crippen molar-refractivity contribution in [2.24, 2.45) is 5.92 Å². The molecule has 96 valence electrons. The molecular formula is C8H11F6NO. The highest BCUT2D eigenvalue weighted by atomic mass is 19.4. The number of hydrogen-bond donors (Lipinski definition) is 1. The zero-order valence-corrected chi connectivity index (χ0v) is 8.54. The lowest BCUT2D eigenvalue weighted by molar-refractivity contribution is -0.286. The van der Waals surface area contributed by atoms with E-state index < -0.39 is 36.5 Å². The molecule has 8 heteroatoms. The first-order valence-corrected chi connectivity index (χ1v) is 4.31. The maximum Gasteiger partial charge on any atom is 0.400 e. The van der Waals surface area contributed by atoms with Crippen molar-refractivity contribution in [3.63, 3.8) is 0 Å². The van der Waals surface area contributed by atoms with Crippen LogP contribution in [-0.4, -0.2) is 31.2 Å². The van der Waals surface area contributed by atoms with E-state index >= 15 is 0 Å². The summed E-state index contributed by atoms with van der Waals surface area (Å²) in [4.78, 5) is 10.8. The second-order valence-electron chi connectivity index (χ2n) is 3.32. The van der Waals surface area contributed by atoms with Crippen LogP contribution in [0.3, 0.4) is 0 Å². The van der Waals surface area contributed by atoms with Crippen LogP contribution in [0.4, 0.5) is 26.3 Å². The summed E-state index contributed by atoms with van der Waals surface area (Å²) in [5, 5.41) is 2.13. The Morgan fingerprint density at radius 1 is 1.12 bits per heavy atom. The minimum Gasteiger partial charge on any atom is -0.311 e. The van der Waals surface area contributed by atoms with Crippen molar-refractivity contribution < 1.29 is 31.1 Å². The van der Waals surface area contributed by atoms with Crippen molar-refractivity contribution >= 4 is 5.78 Å². The summed E-state index contributed by atoms with van der Waals surface area (Å²) >= 11 is 0. The van der Waals surface area contributed by atoms with Gasteiger partial charge < -0.3 is 5.32 Å². The van der Waals surface area contributed by atoms with Crippen LogP contribution in [0.1, 0.15) is 13.3 Å². The lowest BCUT2D eigenvalue weighted by Gasteiger charge is -2.25. The van der Waals surface area contributed by atoms with Crippen LogP contribution >= 0.6 is 0 Å². The number of likely N-dealkylation sites (N-methyl/N-ethyl adjacent to an activating group) is 1. The highest BCUT2D eigenvalue weighted by Gasteiger charge is 2.57. The third kappa shape index (κ3) is 4.38. The molecule has 0 aliphatic carbocycles. The van der Waals surface area contributed by atoms with Gasteiger partial charge in [0.2, 0.25) is 0 Å². The van der Waals surface area contributed by atoms with E-state index in [1.807, 2.05) is 0 Å². The van der Waals surface area contributed by atoms with Crippen LogP contribution in [0.2, 0.25) is 0 Å². The molecule has 0 amide bonds. The van der Waals surface area contributed by atoms with Crippen LogP contribution in [0.15, 0.2) is 0 Å². The molecule has 1 atom stereocenters. The molecular weight excluding hydrogens is 240 g/mol. The fourth-order valence-electron chi connectivity index (χ4n) is 1.18. The minimum atomic E-state index is -5.40. The summed E-state index contributed by atoms with van der Waals surface area (Å²) in [6.45, 7) is 0.935. The first-order valence-electron chi connectivity index (χ1n) is 4.31. The molecule has 0 saturated heterocycles. The summed E-state index contributed by atoms with van der Waals surface area (Å²) in [7, 11) is 1.13. The van der Waals surface area contributed by atoms with Crippen LogP contribution in [0.25, 0.3) is 0 Å². The van der Waals surface area contributed by atoms with Gasteiger partial charge in [0.25, 0.3) is 0 Å². The molecule has 0 aromatic heterocycles. The zero-order chi connectivity index (χ0) is 13.1. The number of rotatable bonds is 4. The Balaban J connectivity index is 4.88. The fraction of sp³-hybridized carbons (Fsp3) is 0.875. The second kappa shape index (κ2) is 5.03. The number of carbonyl (C=O) groups excluding carboxylic acids is 1. The fourth-order valence-corrected chi connectivity index (χ4v) is 1.18. The zero-order valence-electron chi connectivity index (χ0n) is 8.54. The molecule has 2 nitrogen and oxygen atoms in total. The molecule has 0 aliphatic heterocycles. The van der Waals surface area contributed by atoms with E-state index in [9.17, 15) is 31.1 Å². The number of nitrogens with one attached hydrogen (secondary N) is 1. The molecule has 0 spiro atoms. The van der Waals surface area contributed by atoms with Gasteiger partial charge in [-0.3, -0.25) is 4.79 Å². The first-order chi connectivity index (χ1) is 7.00. The van der Waals surface area contributed by atoms with Crippen molar-refractivity contribution in [1.29, 1.82) is 0 Å². The van der Waals surface area contributed by atoms with Gasteiger partial charge in [0.05, 0.1) is 6.04 Å². The number of alkyl halides is 6. The molecule has 0 aromatic carbocycles. The summed E-state index contributed by atoms with van der Waals surface area (Å²) in [6, 6.07) is -1.45. The quantitative estimate of drug-likeness (QED) is 0.777. The molecule has 0 heterocycles. The SMILES string of the molecule is CN[C@@H](CC(C(F)(F)F)C(F)(F)F)C(C)=O. The Labute approximate surface area is 88.0 Å². The van der Waals surface area contributed by atoms with E-state index in [-0.39, 0.29) is 0 Å². The van der Waals surface area contributed by atoms with Crippen molar-refractivity contribution in [3.05, 3.63) is 0 Å². The standard InChI is InChI=1S/C8H11F6NO/c1-4(16)5(15-2)3-6(7(9,10)11)8(12,13)14/h5-6,15H,3H2,1-2H3/t5-/m0/s1. The Bertz CT molecular complexity index is 232. The average Bonchev–Trinajstić information content (AvgIpc) is 1.99. The number of hydrogen-bond acceptors (Lipinski definition) is 2. The van der Waals surface area contributed by atoms with E-state index in [1.165, 1.54) is 0 Å². The average molecular weight is 251 g/mol. The van der Waals surface area contributed by atoms with Crippen LogP contribution in [0.5, 0.6) is 0 Å². The topological polar surface area (TPSA) is 29.1 Å². The van der Waals surface area contributed by atoms with Crippen molar-refractivity contribution in [3.8, 4) is 0 Å². The lowest BCUT2D eigenvalue weighted by atomic mass is 9.96. The number of Topliss-reactive ketones (excluding diaryl/α,β-unsaturated/α-hetero) is 1. The van der Waals surface area contributed by atoms with Gasteiger partial charge in [-0.15, -0.1) is 0 Å². The first kappa shape index (κ1) is 15.2. The molecule has 0 rings (SSSR count). The normalized spacial score (nSPS) is 15.3.